The minimum absolute atomic E-state index is 0.191. The van der Waals surface area contributed by atoms with Crippen LogP contribution in [0.2, 0.25) is 5.02 Å². The van der Waals surface area contributed by atoms with Crippen molar-refractivity contribution < 1.29 is 14.5 Å². The van der Waals surface area contributed by atoms with Crippen molar-refractivity contribution in [2.75, 3.05) is 27.2 Å². The third kappa shape index (κ3) is 6.89. The van der Waals surface area contributed by atoms with Crippen molar-refractivity contribution in [3.8, 4) is 0 Å². The highest BCUT2D eigenvalue weighted by Gasteiger charge is 2.14. The van der Waals surface area contributed by atoms with Crippen LogP contribution in [0.1, 0.15) is 21.5 Å². The smallest absolute Gasteiger partial charge is 0.268 e. The molecule has 0 heterocycles. The van der Waals surface area contributed by atoms with Crippen molar-refractivity contribution in [2.24, 2.45) is 0 Å². The Bertz CT molecular complexity index is 812. The molecule has 5 nitrogen and oxygen atoms in total. The summed E-state index contributed by atoms with van der Waals surface area (Å²) in [6.07, 6.45) is 1.64. The highest BCUT2D eigenvalue weighted by molar-refractivity contribution is 6.30. The fourth-order valence-corrected chi connectivity index (χ4v) is 2.43. The number of halogens is 1. The van der Waals surface area contributed by atoms with Crippen LogP contribution in [-0.4, -0.2) is 39.0 Å². The van der Waals surface area contributed by atoms with Crippen LogP contribution < -0.4 is 15.5 Å². The Labute approximate surface area is 165 Å². The fourth-order valence-electron chi connectivity index (χ4n) is 2.30. The first kappa shape index (κ1) is 20.7. The number of carbonyl (C=O) groups excluding carboxylic acids is 2. The lowest BCUT2D eigenvalue weighted by atomic mass is 10.1. The fraction of sp³-hybridized carbons (Fsp3) is 0.238. The first-order valence-corrected chi connectivity index (χ1v) is 9.15. The molecule has 142 valence electrons. The van der Waals surface area contributed by atoms with E-state index in [0.717, 1.165) is 17.7 Å². The molecule has 0 atom stereocenters. The molecule has 0 fully saturated rings. The van der Waals surface area contributed by atoms with Gasteiger partial charge in [0.25, 0.3) is 11.8 Å². The van der Waals surface area contributed by atoms with Gasteiger partial charge in [-0.25, -0.2) is 0 Å². The molecule has 2 aromatic rings. The first-order chi connectivity index (χ1) is 12.8. The number of nitrogens with one attached hydrogen (secondary N) is 3. The monoisotopic (exact) mass is 386 g/mol. The van der Waals surface area contributed by atoms with E-state index in [1.807, 2.05) is 33.2 Å². The van der Waals surface area contributed by atoms with Gasteiger partial charge in [-0.05, 0) is 42.8 Å². The molecular weight excluding hydrogens is 362 g/mol. The maximum Gasteiger partial charge on any atom is 0.268 e. The van der Waals surface area contributed by atoms with Gasteiger partial charge in [-0.2, -0.15) is 0 Å². The molecule has 0 saturated carbocycles. The van der Waals surface area contributed by atoms with Crippen molar-refractivity contribution >= 4 is 29.5 Å². The summed E-state index contributed by atoms with van der Waals surface area (Å²) in [6.45, 7) is 3.25. The zero-order valence-electron chi connectivity index (χ0n) is 15.8. The molecule has 2 rings (SSSR count). The van der Waals surface area contributed by atoms with Gasteiger partial charge in [0.05, 0.1) is 27.2 Å². The second-order valence-corrected chi connectivity index (χ2v) is 7.08. The predicted octanol–water partition coefficient (Wildman–Crippen LogP) is 1.68. The average Bonchev–Trinajstić information content (AvgIpc) is 2.63. The molecule has 0 aliphatic heterocycles. The van der Waals surface area contributed by atoms with E-state index in [2.05, 4.69) is 10.6 Å². The van der Waals surface area contributed by atoms with Crippen molar-refractivity contribution in [1.82, 2.24) is 10.6 Å². The highest BCUT2D eigenvalue weighted by atomic mass is 35.5. The summed E-state index contributed by atoms with van der Waals surface area (Å²) in [5, 5.41) is 6.17. The van der Waals surface area contributed by atoms with Gasteiger partial charge in [-0.3, -0.25) is 9.59 Å². The maximum absolute atomic E-state index is 12.6. The van der Waals surface area contributed by atoms with Gasteiger partial charge in [0.1, 0.15) is 5.70 Å². The quantitative estimate of drug-likeness (QED) is 0.634. The maximum atomic E-state index is 12.6. The third-order valence-corrected chi connectivity index (χ3v) is 4.15. The predicted molar refractivity (Wildman–Crippen MR) is 109 cm³/mol. The van der Waals surface area contributed by atoms with Gasteiger partial charge in [-0.15, -0.1) is 0 Å². The van der Waals surface area contributed by atoms with Crippen molar-refractivity contribution in [2.45, 2.75) is 6.92 Å². The van der Waals surface area contributed by atoms with Crippen molar-refractivity contribution in [1.29, 1.82) is 0 Å². The number of rotatable bonds is 7. The number of quaternary nitrogens is 1. The average molecular weight is 387 g/mol. The number of aryl methyl sites for hydroxylation is 1. The Morgan fingerprint density at radius 2 is 1.67 bits per heavy atom. The molecule has 3 N–H and O–H groups in total. The molecule has 0 aliphatic carbocycles. The Morgan fingerprint density at radius 1 is 1.04 bits per heavy atom. The van der Waals surface area contributed by atoms with Crippen LogP contribution >= 0.6 is 11.6 Å². The van der Waals surface area contributed by atoms with E-state index in [4.69, 9.17) is 11.6 Å². The lowest BCUT2D eigenvalue weighted by Crippen LogP contribution is -3.06. The van der Waals surface area contributed by atoms with Crippen LogP contribution in [0.3, 0.4) is 0 Å². The topological polar surface area (TPSA) is 62.6 Å². The molecule has 0 bridgehead atoms. The van der Waals surface area contributed by atoms with Gasteiger partial charge >= 0.3 is 0 Å². The molecule has 0 radical (unpaired) electrons. The summed E-state index contributed by atoms with van der Waals surface area (Å²) in [7, 11) is 4.02. The van der Waals surface area contributed by atoms with Crippen molar-refractivity contribution in [3.63, 3.8) is 0 Å². The van der Waals surface area contributed by atoms with Crippen LogP contribution in [0.4, 0.5) is 0 Å². The second kappa shape index (κ2) is 9.90. The van der Waals surface area contributed by atoms with Crippen LogP contribution in [0, 0.1) is 6.92 Å². The summed E-state index contributed by atoms with van der Waals surface area (Å²) in [5.41, 5.74) is 2.52. The third-order valence-electron chi connectivity index (χ3n) is 3.90. The number of hydrogen-bond acceptors (Lipinski definition) is 2. The van der Waals surface area contributed by atoms with Gasteiger partial charge in [0.15, 0.2) is 0 Å². The molecule has 0 aliphatic rings. The molecule has 27 heavy (non-hydrogen) atoms. The molecule has 0 saturated heterocycles. The Balaban J connectivity index is 2.20. The van der Waals surface area contributed by atoms with Crippen LogP contribution in [0.15, 0.2) is 54.2 Å². The number of benzene rings is 2. The van der Waals surface area contributed by atoms with Gasteiger partial charge in [0, 0.05) is 10.6 Å². The van der Waals surface area contributed by atoms with Crippen LogP contribution in [0.25, 0.3) is 6.08 Å². The van der Waals surface area contributed by atoms with E-state index in [0.29, 0.717) is 17.1 Å². The Kier molecular flexibility index (Phi) is 7.58. The summed E-state index contributed by atoms with van der Waals surface area (Å²) >= 11 is 5.91. The number of hydrogen-bond donors (Lipinski definition) is 3. The number of likely N-dealkylation sites (N-methyl/N-ethyl adjacent to an activating group) is 1. The summed E-state index contributed by atoms with van der Waals surface area (Å²) < 4.78 is 0. The van der Waals surface area contributed by atoms with E-state index >= 15 is 0 Å². The van der Waals surface area contributed by atoms with Crippen LogP contribution in [-0.2, 0) is 4.79 Å². The standard InChI is InChI=1S/C21H24ClN3O2/c1-15-4-8-17(9-5-15)20(26)24-19(21(27)23-12-13-25(2)3)14-16-6-10-18(22)11-7-16/h4-11,14H,12-13H2,1-3H3,(H,23,27)(H,24,26)/p+1/b19-14-. The van der Waals surface area contributed by atoms with E-state index < -0.39 is 0 Å². The molecular formula is C21H25ClN3O2+. The molecule has 0 spiro atoms. The van der Waals surface area contributed by atoms with E-state index in [-0.39, 0.29) is 17.5 Å². The SMILES string of the molecule is Cc1ccc(C(=O)N/C(=C\c2ccc(Cl)cc2)C(=O)NCC[NH+](C)C)cc1. The van der Waals surface area contributed by atoms with E-state index in [1.54, 1.807) is 42.5 Å². The lowest BCUT2D eigenvalue weighted by Gasteiger charge is -2.12. The van der Waals surface area contributed by atoms with Crippen molar-refractivity contribution in [3.05, 3.63) is 75.9 Å². The van der Waals surface area contributed by atoms with Gasteiger partial charge in [0.2, 0.25) is 0 Å². The zero-order chi connectivity index (χ0) is 19.8. The van der Waals surface area contributed by atoms with Gasteiger partial charge < -0.3 is 15.5 Å². The molecule has 0 unspecified atom stereocenters. The number of carbonyl (C=O) groups is 2. The largest absolute Gasteiger partial charge is 0.345 e. The first-order valence-electron chi connectivity index (χ1n) is 8.77. The van der Waals surface area contributed by atoms with Gasteiger partial charge in [-0.1, -0.05) is 41.4 Å². The van der Waals surface area contributed by atoms with E-state index in [1.165, 1.54) is 4.90 Å². The molecule has 2 aromatic carbocycles. The summed E-state index contributed by atoms with van der Waals surface area (Å²) in [4.78, 5) is 26.4. The Morgan fingerprint density at radius 3 is 2.26 bits per heavy atom. The number of amides is 2. The lowest BCUT2D eigenvalue weighted by molar-refractivity contribution is -0.856. The second-order valence-electron chi connectivity index (χ2n) is 6.64. The summed E-state index contributed by atoms with van der Waals surface area (Å²) in [6, 6.07) is 14.2. The molecule has 2 amide bonds. The highest BCUT2D eigenvalue weighted by Crippen LogP contribution is 2.12. The summed E-state index contributed by atoms with van der Waals surface area (Å²) in [5.74, 6) is -0.657. The zero-order valence-corrected chi connectivity index (χ0v) is 16.6. The minimum Gasteiger partial charge on any atom is -0.345 e. The van der Waals surface area contributed by atoms with Crippen LogP contribution in [0.5, 0.6) is 0 Å². The van der Waals surface area contributed by atoms with E-state index in [9.17, 15) is 9.59 Å². The molecule has 0 aromatic heterocycles. The minimum atomic E-state index is -0.330. The molecule has 6 heteroatoms. The Hall–Kier alpha value is -2.63. The normalized spacial score (nSPS) is 11.4.